The van der Waals surface area contributed by atoms with Crippen LogP contribution in [-0.2, 0) is 4.79 Å². The van der Waals surface area contributed by atoms with Crippen LogP contribution in [0.4, 0.5) is 0 Å². The highest BCUT2D eigenvalue weighted by atomic mass is 35.5. The first-order chi connectivity index (χ1) is 8.74. The molecule has 0 aliphatic carbocycles. The van der Waals surface area contributed by atoms with E-state index >= 15 is 0 Å². The third kappa shape index (κ3) is 3.24. The molecule has 1 aliphatic heterocycles. The van der Waals surface area contributed by atoms with Crippen molar-refractivity contribution >= 4 is 17.5 Å². The molecule has 4 heteroatoms. The molecule has 0 aromatic heterocycles. The molecule has 0 radical (unpaired) electrons. The number of alkyl halides is 1. The molecule has 1 aromatic carbocycles. The van der Waals surface area contributed by atoms with Crippen LogP contribution < -0.4 is 0 Å². The Balaban J connectivity index is 0.000000771. The lowest BCUT2D eigenvalue weighted by Crippen LogP contribution is -2.23. The highest BCUT2D eigenvalue weighted by molar-refractivity contribution is 6.18. The summed E-state index contributed by atoms with van der Waals surface area (Å²) in [6.07, 6.45) is 0.488. The minimum absolute atomic E-state index is 0.0855. The Morgan fingerprint density at radius 1 is 1.50 bits per heavy atom. The molecular weight excluding hydrogens is 248 g/mol. The number of nitriles is 1. The topological polar surface area (TPSA) is 44.1 Å². The second-order valence-electron chi connectivity index (χ2n) is 3.87. The fourth-order valence-electron chi connectivity index (χ4n) is 1.97. The van der Waals surface area contributed by atoms with E-state index in [0.29, 0.717) is 18.5 Å². The van der Waals surface area contributed by atoms with Gasteiger partial charge in [0.1, 0.15) is 0 Å². The lowest BCUT2D eigenvalue weighted by Gasteiger charge is -2.12. The van der Waals surface area contributed by atoms with Gasteiger partial charge in [-0.25, -0.2) is 0 Å². The maximum absolute atomic E-state index is 11.5. The van der Waals surface area contributed by atoms with Gasteiger partial charge in [0, 0.05) is 18.9 Å². The third-order valence-corrected chi connectivity index (χ3v) is 3.13. The number of amides is 1. The van der Waals surface area contributed by atoms with Gasteiger partial charge in [-0.2, -0.15) is 5.26 Å². The highest BCUT2D eigenvalue weighted by Gasteiger charge is 2.29. The standard InChI is InChI=1S/C12H11ClN2O.C2H6/c13-8-15-7-11(5-12(15)16)10-3-1-2-9(4-10)6-14;1-2/h1-4,11H,5,7-8H2;1-2H3. The van der Waals surface area contributed by atoms with Crippen molar-refractivity contribution in [3.8, 4) is 6.07 Å². The fraction of sp³-hybridized carbons (Fsp3) is 0.429. The summed E-state index contributed by atoms with van der Waals surface area (Å²) in [6, 6.07) is 9.76. The van der Waals surface area contributed by atoms with Crippen LogP contribution in [0.2, 0.25) is 0 Å². The lowest BCUT2D eigenvalue weighted by molar-refractivity contribution is -0.126. The van der Waals surface area contributed by atoms with Crippen LogP contribution >= 0.6 is 11.6 Å². The molecule has 1 saturated heterocycles. The molecule has 1 unspecified atom stereocenters. The molecule has 1 amide bonds. The molecule has 96 valence electrons. The van der Waals surface area contributed by atoms with Gasteiger partial charge >= 0.3 is 0 Å². The van der Waals surface area contributed by atoms with Gasteiger partial charge < -0.3 is 4.90 Å². The maximum atomic E-state index is 11.5. The number of carbonyl (C=O) groups excluding carboxylic acids is 1. The molecule has 0 spiro atoms. The van der Waals surface area contributed by atoms with E-state index in [0.717, 1.165) is 5.56 Å². The second kappa shape index (κ2) is 7.03. The number of nitrogens with zero attached hydrogens (tertiary/aromatic N) is 2. The Kier molecular flexibility index (Phi) is 5.67. The third-order valence-electron chi connectivity index (χ3n) is 2.85. The van der Waals surface area contributed by atoms with Gasteiger partial charge in [0.05, 0.1) is 17.6 Å². The zero-order valence-electron chi connectivity index (χ0n) is 10.7. The van der Waals surface area contributed by atoms with Gasteiger partial charge in [0.25, 0.3) is 0 Å². The Morgan fingerprint density at radius 3 is 2.78 bits per heavy atom. The number of hydrogen-bond donors (Lipinski definition) is 0. The molecule has 1 aliphatic rings. The van der Waals surface area contributed by atoms with Crippen molar-refractivity contribution in [1.29, 1.82) is 5.26 Å². The monoisotopic (exact) mass is 264 g/mol. The lowest BCUT2D eigenvalue weighted by atomic mass is 9.97. The van der Waals surface area contributed by atoms with E-state index in [1.54, 1.807) is 11.0 Å². The zero-order valence-corrected chi connectivity index (χ0v) is 11.4. The van der Waals surface area contributed by atoms with Crippen LogP contribution in [0.15, 0.2) is 24.3 Å². The van der Waals surface area contributed by atoms with Gasteiger partial charge in [-0.3, -0.25) is 4.79 Å². The molecule has 1 atom stereocenters. The SMILES string of the molecule is CC.N#Cc1cccc(C2CC(=O)N(CCl)C2)c1. The normalized spacial score (nSPS) is 18.0. The van der Waals surface area contributed by atoms with Crippen LogP contribution in [0.3, 0.4) is 0 Å². The van der Waals surface area contributed by atoms with Crippen molar-refractivity contribution < 1.29 is 4.79 Å². The molecular formula is C14H17ClN2O. The number of hydrogen-bond acceptors (Lipinski definition) is 2. The minimum atomic E-state index is 0.0855. The molecule has 3 nitrogen and oxygen atoms in total. The molecule has 1 fully saturated rings. The molecule has 2 rings (SSSR count). The smallest absolute Gasteiger partial charge is 0.224 e. The van der Waals surface area contributed by atoms with Gasteiger partial charge in [0.15, 0.2) is 0 Å². The van der Waals surface area contributed by atoms with E-state index in [2.05, 4.69) is 6.07 Å². The van der Waals surface area contributed by atoms with Gasteiger partial charge in [-0.15, -0.1) is 11.6 Å². The van der Waals surface area contributed by atoms with Crippen molar-refractivity contribution in [3.63, 3.8) is 0 Å². The van der Waals surface area contributed by atoms with Gasteiger partial charge in [0.2, 0.25) is 5.91 Å². The maximum Gasteiger partial charge on any atom is 0.224 e. The van der Waals surface area contributed by atoms with Crippen molar-refractivity contribution in [1.82, 2.24) is 4.90 Å². The number of halogens is 1. The largest absolute Gasteiger partial charge is 0.328 e. The Hall–Kier alpha value is -1.53. The summed E-state index contributed by atoms with van der Waals surface area (Å²) in [5, 5.41) is 8.81. The summed E-state index contributed by atoms with van der Waals surface area (Å²) in [5.41, 5.74) is 1.68. The Bertz CT molecular complexity index is 453. The first-order valence-corrected chi connectivity index (χ1v) is 6.62. The predicted molar refractivity (Wildman–Crippen MR) is 72.3 cm³/mol. The number of carbonyl (C=O) groups is 1. The summed E-state index contributed by atoms with van der Waals surface area (Å²) in [4.78, 5) is 13.2. The van der Waals surface area contributed by atoms with Crippen molar-refractivity contribution in [2.75, 3.05) is 12.5 Å². The first kappa shape index (κ1) is 14.5. The number of likely N-dealkylation sites (tertiary alicyclic amines) is 1. The summed E-state index contributed by atoms with van der Waals surface area (Å²) in [5.74, 6) is 0.252. The van der Waals surface area contributed by atoms with E-state index in [9.17, 15) is 4.79 Å². The van der Waals surface area contributed by atoms with Crippen molar-refractivity contribution in [3.05, 3.63) is 35.4 Å². The van der Waals surface area contributed by atoms with Crippen LogP contribution in [0.5, 0.6) is 0 Å². The highest BCUT2D eigenvalue weighted by Crippen LogP contribution is 2.28. The van der Waals surface area contributed by atoms with Crippen LogP contribution in [-0.4, -0.2) is 23.4 Å². The Labute approximate surface area is 113 Å². The minimum Gasteiger partial charge on any atom is -0.328 e. The summed E-state index contributed by atoms with van der Waals surface area (Å²) in [7, 11) is 0. The van der Waals surface area contributed by atoms with Gasteiger partial charge in [-0.1, -0.05) is 26.0 Å². The average Bonchev–Trinajstić information content (AvgIpc) is 2.82. The predicted octanol–water partition coefficient (Wildman–Crippen LogP) is 3.10. The molecule has 18 heavy (non-hydrogen) atoms. The molecule has 0 bridgehead atoms. The Morgan fingerprint density at radius 2 is 2.22 bits per heavy atom. The summed E-state index contributed by atoms with van der Waals surface area (Å²) >= 11 is 5.67. The quantitative estimate of drug-likeness (QED) is 0.609. The van der Waals surface area contributed by atoms with Crippen LogP contribution in [0, 0.1) is 11.3 Å². The number of benzene rings is 1. The first-order valence-electron chi connectivity index (χ1n) is 6.08. The molecule has 0 saturated carbocycles. The summed E-state index contributed by atoms with van der Waals surface area (Å²) < 4.78 is 0. The van der Waals surface area contributed by atoms with Crippen molar-refractivity contribution in [2.45, 2.75) is 26.2 Å². The van der Waals surface area contributed by atoms with Crippen LogP contribution in [0.1, 0.15) is 37.3 Å². The number of rotatable bonds is 2. The van der Waals surface area contributed by atoms with Crippen molar-refractivity contribution in [2.24, 2.45) is 0 Å². The average molecular weight is 265 g/mol. The van der Waals surface area contributed by atoms with E-state index in [1.807, 2.05) is 32.0 Å². The fourth-order valence-corrected chi connectivity index (χ4v) is 2.20. The molecule has 0 N–H and O–H groups in total. The summed E-state index contributed by atoms with van der Waals surface area (Å²) in [6.45, 7) is 4.65. The molecule has 1 heterocycles. The zero-order chi connectivity index (χ0) is 13.5. The van der Waals surface area contributed by atoms with Crippen LogP contribution in [0.25, 0.3) is 0 Å². The van der Waals surface area contributed by atoms with E-state index in [4.69, 9.17) is 16.9 Å². The van der Waals surface area contributed by atoms with E-state index in [-0.39, 0.29) is 17.8 Å². The van der Waals surface area contributed by atoms with E-state index in [1.165, 1.54) is 0 Å². The second-order valence-corrected chi connectivity index (χ2v) is 4.11. The molecule has 1 aromatic rings. The van der Waals surface area contributed by atoms with Gasteiger partial charge in [-0.05, 0) is 17.7 Å². The van der Waals surface area contributed by atoms with E-state index < -0.39 is 0 Å².